The van der Waals surface area contributed by atoms with Gasteiger partial charge in [0.1, 0.15) is 0 Å². The molecule has 0 bridgehead atoms. The molecule has 1 rings (SSSR count). The summed E-state index contributed by atoms with van der Waals surface area (Å²) in [6.07, 6.45) is 0. The van der Waals surface area contributed by atoms with Crippen LogP contribution in [0.15, 0.2) is 23.1 Å². The van der Waals surface area contributed by atoms with E-state index in [4.69, 9.17) is 10.7 Å². The minimum atomic E-state index is -3.75. The maximum atomic E-state index is 11.9. The van der Waals surface area contributed by atoms with Gasteiger partial charge in [0.05, 0.1) is 4.90 Å². The number of carbonyl (C=O) groups excluding carboxylic acids is 1. The minimum Gasteiger partial charge on any atom is -0.326 e. The van der Waals surface area contributed by atoms with Crippen molar-refractivity contribution in [3.05, 3.63) is 23.8 Å². The molecule has 1 atom stereocenters. The Morgan fingerprint density at radius 2 is 1.84 bits per heavy atom. The Balaban J connectivity index is 2.95. The van der Waals surface area contributed by atoms with Gasteiger partial charge in [-0.25, -0.2) is 8.42 Å². The molecular weight excluding hydrogens is 286 g/mol. The number of benzene rings is 1. The van der Waals surface area contributed by atoms with Crippen LogP contribution in [0.1, 0.15) is 26.3 Å². The number of amides is 1. The van der Waals surface area contributed by atoms with E-state index in [-0.39, 0.29) is 22.6 Å². The summed E-state index contributed by atoms with van der Waals surface area (Å²) in [6.45, 7) is 7.43. The maximum Gasteiger partial charge on any atom is 0.261 e. The van der Waals surface area contributed by atoms with Crippen LogP contribution in [0.2, 0.25) is 0 Å². The van der Waals surface area contributed by atoms with Gasteiger partial charge < -0.3 is 5.32 Å². The van der Waals surface area contributed by atoms with Gasteiger partial charge >= 0.3 is 0 Å². The van der Waals surface area contributed by atoms with Crippen LogP contribution in [0.4, 0.5) is 5.69 Å². The Bertz CT molecular complexity index is 582. The van der Waals surface area contributed by atoms with E-state index in [0.717, 1.165) is 0 Å². The fourth-order valence-electron chi connectivity index (χ4n) is 1.56. The summed E-state index contributed by atoms with van der Waals surface area (Å²) in [5.74, 6) is 0.0382. The molecule has 4 nitrogen and oxygen atoms in total. The third kappa shape index (κ3) is 4.21. The summed E-state index contributed by atoms with van der Waals surface area (Å²) >= 11 is 0. The number of rotatable bonds is 4. The fourth-order valence-corrected chi connectivity index (χ4v) is 2.75. The maximum absolute atomic E-state index is 11.9. The van der Waals surface area contributed by atoms with E-state index in [0.29, 0.717) is 11.3 Å². The Morgan fingerprint density at radius 3 is 2.26 bits per heavy atom. The topological polar surface area (TPSA) is 63.2 Å². The average molecular weight is 304 g/mol. The van der Waals surface area contributed by atoms with E-state index in [1.54, 1.807) is 13.0 Å². The SMILES string of the molecule is Cc1cc(NC(=O)C(C)C(C)C)ccc1S(=O)(=O)Cl. The highest BCUT2D eigenvalue weighted by molar-refractivity contribution is 8.13. The zero-order chi connectivity index (χ0) is 14.8. The summed E-state index contributed by atoms with van der Waals surface area (Å²) in [5.41, 5.74) is 1.07. The molecule has 0 fully saturated rings. The first-order chi connectivity index (χ1) is 8.62. The molecule has 0 aliphatic carbocycles. The smallest absolute Gasteiger partial charge is 0.261 e. The molecule has 1 amide bonds. The van der Waals surface area contributed by atoms with E-state index in [2.05, 4.69) is 5.32 Å². The van der Waals surface area contributed by atoms with Gasteiger partial charge in [0.15, 0.2) is 0 Å². The monoisotopic (exact) mass is 303 g/mol. The van der Waals surface area contributed by atoms with Crippen LogP contribution in [0.25, 0.3) is 0 Å². The van der Waals surface area contributed by atoms with Crippen molar-refractivity contribution in [3.8, 4) is 0 Å². The van der Waals surface area contributed by atoms with Gasteiger partial charge in [-0.2, -0.15) is 0 Å². The highest BCUT2D eigenvalue weighted by atomic mass is 35.7. The molecule has 0 aromatic heterocycles. The largest absolute Gasteiger partial charge is 0.326 e. The van der Waals surface area contributed by atoms with Gasteiger partial charge in [0, 0.05) is 22.3 Å². The quantitative estimate of drug-likeness (QED) is 0.869. The van der Waals surface area contributed by atoms with Crippen molar-refractivity contribution in [3.63, 3.8) is 0 Å². The average Bonchev–Trinajstić information content (AvgIpc) is 2.25. The summed E-state index contributed by atoms with van der Waals surface area (Å²) in [5, 5.41) is 2.77. The third-order valence-corrected chi connectivity index (χ3v) is 4.60. The number of anilines is 1. The van der Waals surface area contributed by atoms with Crippen molar-refractivity contribution >= 4 is 31.3 Å². The van der Waals surface area contributed by atoms with Crippen LogP contribution in [-0.2, 0) is 13.8 Å². The van der Waals surface area contributed by atoms with Crippen LogP contribution in [0, 0.1) is 18.8 Å². The molecule has 0 aliphatic heterocycles. The van der Waals surface area contributed by atoms with Crippen molar-refractivity contribution in [1.82, 2.24) is 0 Å². The fraction of sp³-hybridized carbons (Fsp3) is 0.462. The van der Waals surface area contributed by atoms with Gasteiger partial charge in [-0.1, -0.05) is 20.8 Å². The molecule has 1 N–H and O–H groups in total. The van der Waals surface area contributed by atoms with Gasteiger partial charge in [-0.3, -0.25) is 4.79 Å². The van der Waals surface area contributed by atoms with Crippen LogP contribution in [0.3, 0.4) is 0 Å². The second-order valence-corrected chi connectivity index (χ2v) is 7.47. The first kappa shape index (κ1) is 16.0. The molecule has 0 saturated carbocycles. The Hall–Kier alpha value is -1.07. The van der Waals surface area contributed by atoms with Gasteiger partial charge in [0.2, 0.25) is 5.91 Å². The summed E-state index contributed by atoms with van der Waals surface area (Å²) < 4.78 is 22.5. The summed E-state index contributed by atoms with van der Waals surface area (Å²) in [4.78, 5) is 12.0. The van der Waals surface area contributed by atoms with Gasteiger partial charge in [0.25, 0.3) is 9.05 Å². The number of carbonyl (C=O) groups is 1. The van der Waals surface area contributed by atoms with Gasteiger partial charge in [-0.05, 0) is 36.6 Å². The van der Waals surface area contributed by atoms with Crippen molar-refractivity contribution in [2.24, 2.45) is 11.8 Å². The van der Waals surface area contributed by atoms with E-state index in [1.165, 1.54) is 12.1 Å². The van der Waals surface area contributed by atoms with E-state index in [1.807, 2.05) is 20.8 Å². The minimum absolute atomic E-state index is 0.0593. The standard InChI is InChI=1S/C13H18ClNO3S/c1-8(2)10(4)13(16)15-11-5-6-12(9(3)7-11)19(14,17)18/h5-8,10H,1-4H3,(H,15,16). The summed E-state index contributed by atoms with van der Waals surface area (Å²) in [7, 11) is 1.55. The Labute approximate surface area is 118 Å². The number of hydrogen-bond acceptors (Lipinski definition) is 3. The lowest BCUT2D eigenvalue weighted by Gasteiger charge is -2.15. The van der Waals surface area contributed by atoms with Crippen molar-refractivity contribution in [2.45, 2.75) is 32.6 Å². The zero-order valence-electron chi connectivity index (χ0n) is 11.4. The normalized spacial score (nSPS) is 13.4. The van der Waals surface area contributed by atoms with Crippen LogP contribution < -0.4 is 5.32 Å². The van der Waals surface area contributed by atoms with Crippen LogP contribution in [-0.4, -0.2) is 14.3 Å². The highest BCUT2D eigenvalue weighted by Gasteiger charge is 2.18. The highest BCUT2D eigenvalue weighted by Crippen LogP contribution is 2.23. The lowest BCUT2D eigenvalue weighted by Crippen LogP contribution is -2.24. The van der Waals surface area contributed by atoms with Crippen molar-refractivity contribution < 1.29 is 13.2 Å². The first-order valence-corrected chi connectivity index (χ1v) is 8.30. The predicted molar refractivity (Wildman–Crippen MR) is 76.8 cm³/mol. The van der Waals surface area contributed by atoms with E-state index < -0.39 is 9.05 Å². The third-order valence-electron chi connectivity index (χ3n) is 3.12. The van der Waals surface area contributed by atoms with Crippen molar-refractivity contribution in [2.75, 3.05) is 5.32 Å². The predicted octanol–water partition coefficient (Wildman–Crippen LogP) is 3.15. The van der Waals surface area contributed by atoms with Gasteiger partial charge in [-0.15, -0.1) is 0 Å². The number of hydrogen-bond donors (Lipinski definition) is 1. The van der Waals surface area contributed by atoms with Crippen LogP contribution >= 0.6 is 10.7 Å². The Morgan fingerprint density at radius 1 is 1.26 bits per heavy atom. The number of halogens is 1. The lowest BCUT2D eigenvalue weighted by atomic mass is 9.97. The van der Waals surface area contributed by atoms with Crippen LogP contribution in [0.5, 0.6) is 0 Å². The Kier molecular flexibility index (Phi) is 4.98. The zero-order valence-corrected chi connectivity index (χ0v) is 13.0. The van der Waals surface area contributed by atoms with Crippen molar-refractivity contribution in [1.29, 1.82) is 0 Å². The molecular formula is C13H18ClNO3S. The molecule has 1 aromatic rings. The lowest BCUT2D eigenvalue weighted by molar-refractivity contribution is -0.120. The second kappa shape index (κ2) is 5.92. The molecule has 19 heavy (non-hydrogen) atoms. The summed E-state index contributed by atoms with van der Waals surface area (Å²) in [6, 6.07) is 4.53. The molecule has 0 saturated heterocycles. The molecule has 0 aliphatic rings. The number of nitrogens with one attached hydrogen (secondary N) is 1. The molecule has 0 spiro atoms. The van der Waals surface area contributed by atoms with E-state index >= 15 is 0 Å². The first-order valence-electron chi connectivity index (χ1n) is 5.99. The molecule has 0 radical (unpaired) electrons. The molecule has 1 aromatic carbocycles. The molecule has 106 valence electrons. The molecule has 6 heteroatoms. The molecule has 0 heterocycles. The second-order valence-electron chi connectivity index (χ2n) is 4.94. The molecule has 1 unspecified atom stereocenters. The number of aryl methyl sites for hydroxylation is 1. The van der Waals surface area contributed by atoms with E-state index in [9.17, 15) is 13.2 Å².